The van der Waals surface area contributed by atoms with Gasteiger partial charge in [-0.1, -0.05) is 0 Å². The number of amides is 1. The van der Waals surface area contributed by atoms with Crippen molar-refractivity contribution in [2.24, 2.45) is 0 Å². The van der Waals surface area contributed by atoms with Crippen molar-refractivity contribution >= 4 is 17.4 Å². The molecule has 0 saturated carbocycles. The van der Waals surface area contributed by atoms with E-state index in [-0.39, 0.29) is 11.9 Å². The number of anilines is 2. The minimum atomic E-state index is -0.129. The van der Waals surface area contributed by atoms with Crippen LogP contribution in [0.5, 0.6) is 0 Å². The molecule has 1 heterocycles. The Balaban J connectivity index is 2.09. The number of rotatable bonds is 5. The first-order chi connectivity index (χ1) is 9.61. The number of hydrogen-bond donors (Lipinski definition) is 2. The summed E-state index contributed by atoms with van der Waals surface area (Å²) in [5, 5.41) is 10.3. The monoisotopic (exact) mass is 272 g/mol. The summed E-state index contributed by atoms with van der Waals surface area (Å²) in [7, 11) is 0. The Morgan fingerprint density at radius 3 is 2.55 bits per heavy atom. The molecule has 0 atom stereocenters. The van der Waals surface area contributed by atoms with Gasteiger partial charge in [0.25, 0.3) is 5.91 Å². The first-order valence-corrected chi connectivity index (χ1v) is 6.80. The molecular formula is C15H20N4O. The molecule has 106 valence electrons. The highest BCUT2D eigenvalue weighted by Gasteiger charge is 2.11. The SMILES string of the molecule is CCNc1ccc(C(=O)Nc2ccnn2C(C)C)cc1. The summed E-state index contributed by atoms with van der Waals surface area (Å²) in [5.74, 6) is 0.580. The quantitative estimate of drug-likeness (QED) is 0.879. The zero-order valence-electron chi connectivity index (χ0n) is 12.1. The van der Waals surface area contributed by atoms with Crippen molar-refractivity contribution < 1.29 is 4.79 Å². The van der Waals surface area contributed by atoms with Crippen molar-refractivity contribution in [1.82, 2.24) is 9.78 Å². The van der Waals surface area contributed by atoms with Gasteiger partial charge in [0.15, 0.2) is 0 Å². The molecule has 0 aliphatic carbocycles. The van der Waals surface area contributed by atoms with E-state index in [4.69, 9.17) is 0 Å². The molecule has 2 aromatic rings. The number of benzene rings is 1. The highest BCUT2D eigenvalue weighted by molar-refractivity contribution is 6.04. The van der Waals surface area contributed by atoms with Gasteiger partial charge in [-0.05, 0) is 45.0 Å². The highest BCUT2D eigenvalue weighted by atomic mass is 16.1. The maximum Gasteiger partial charge on any atom is 0.256 e. The molecule has 1 aromatic carbocycles. The average Bonchev–Trinajstić information content (AvgIpc) is 2.88. The Morgan fingerprint density at radius 2 is 1.95 bits per heavy atom. The first-order valence-electron chi connectivity index (χ1n) is 6.80. The lowest BCUT2D eigenvalue weighted by atomic mass is 10.2. The van der Waals surface area contributed by atoms with Crippen molar-refractivity contribution in [2.75, 3.05) is 17.2 Å². The molecule has 20 heavy (non-hydrogen) atoms. The summed E-state index contributed by atoms with van der Waals surface area (Å²) in [6.45, 7) is 6.94. The molecule has 0 unspecified atom stereocenters. The smallest absolute Gasteiger partial charge is 0.256 e. The van der Waals surface area contributed by atoms with E-state index in [0.717, 1.165) is 12.2 Å². The summed E-state index contributed by atoms with van der Waals surface area (Å²) in [6, 6.07) is 9.42. The van der Waals surface area contributed by atoms with Crippen molar-refractivity contribution in [1.29, 1.82) is 0 Å². The zero-order chi connectivity index (χ0) is 14.5. The molecule has 2 rings (SSSR count). The van der Waals surface area contributed by atoms with Crippen LogP contribution < -0.4 is 10.6 Å². The Labute approximate surface area is 119 Å². The fraction of sp³-hybridized carbons (Fsp3) is 0.333. The summed E-state index contributed by atoms with van der Waals surface area (Å²) in [5.41, 5.74) is 1.64. The third-order valence-electron chi connectivity index (χ3n) is 2.93. The van der Waals surface area contributed by atoms with E-state index >= 15 is 0 Å². The van der Waals surface area contributed by atoms with Gasteiger partial charge in [0.2, 0.25) is 0 Å². The second-order valence-corrected chi connectivity index (χ2v) is 4.82. The fourth-order valence-corrected chi connectivity index (χ4v) is 1.96. The van der Waals surface area contributed by atoms with Crippen LogP contribution >= 0.6 is 0 Å². The summed E-state index contributed by atoms with van der Waals surface area (Å²) in [6.07, 6.45) is 1.68. The van der Waals surface area contributed by atoms with Crippen LogP contribution in [0.1, 0.15) is 37.2 Å². The number of aromatic nitrogens is 2. The van der Waals surface area contributed by atoms with E-state index in [1.54, 1.807) is 16.9 Å². The summed E-state index contributed by atoms with van der Waals surface area (Å²) in [4.78, 5) is 12.2. The van der Waals surface area contributed by atoms with Crippen LogP contribution in [0.4, 0.5) is 11.5 Å². The maximum atomic E-state index is 12.2. The van der Waals surface area contributed by atoms with Gasteiger partial charge < -0.3 is 10.6 Å². The van der Waals surface area contributed by atoms with E-state index in [1.165, 1.54) is 0 Å². The van der Waals surface area contributed by atoms with Crippen LogP contribution in [0.2, 0.25) is 0 Å². The molecule has 5 nitrogen and oxygen atoms in total. The molecule has 0 fully saturated rings. The molecule has 1 amide bonds. The van der Waals surface area contributed by atoms with Gasteiger partial charge in [0, 0.05) is 29.9 Å². The Bertz CT molecular complexity index is 572. The molecule has 0 radical (unpaired) electrons. The predicted octanol–water partition coefficient (Wildman–Crippen LogP) is 3.15. The lowest BCUT2D eigenvalue weighted by Gasteiger charge is -2.12. The molecule has 0 spiro atoms. The second kappa shape index (κ2) is 6.23. The molecule has 0 saturated heterocycles. The first kappa shape index (κ1) is 14.1. The van der Waals surface area contributed by atoms with Crippen molar-refractivity contribution in [3.63, 3.8) is 0 Å². The van der Waals surface area contributed by atoms with Gasteiger partial charge in [-0.3, -0.25) is 4.79 Å². The summed E-state index contributed by atoms with van der Waals surface area (Å²) >= 11 is 0. The lowest BCUT2D eigenvalue weighted by Crippen LogP contribution is -2.16. The topological polar surface area (TPSA) is 59.0 Å². The number of nitrogens with zero attached hydrogens (tertiary/aromatic N) is 2. The summed E-state index contributed by atoms with van der Waals surface area (Å²) < 4.78 is 1.78. The molecular weight excluding hydrogens is 252 g/mol. The molecule has 2 N–H and O–H groups in total. The Morgan fingerprint density at radius 1 is 1.25 bits per heavy atom. The third kappa shape index (κ3) is 3.17. The third-order valence-corrected chi connectivity index (χ3v) is 2.93. The lowest BCUT2D eigenvalue weighted by molar-refractivity contribution is 0.102. The number of nitrogens with one attached hydrogen (secondary N) is 2. The van der Waals surface area contributed by atoms with Crippen LogP contribution in [0.3, 0.4) is 0 Å². The van der Waals surface area contributed by atoms with Crippen LogP contribution in [0.25, 0.3) is 0 Å². The van der Waals surface area contributed by atoms with E-state index in [0.29, 0.717) is 11.4 Å². The average molecular weight is 272 g/mol. The highest BCUT2D eigenvalue weighted by Crippen LogP contribution is 2.15. The van der Waals surface area contributed by atoms with Crippen LogP contribution in [0, 0.1) is 0 Å². The predicted molar refractivity (Wildman–Crippen MR) is 81.2 cm³/mol. The van der Waals surface area contributed by atoms with Crippen LogP contribution in [-0.4, -0.2) is 22.2 Å². The van der Waals surface area contributed by atoms with Crippen molar-refractivity contribution in [2.45, 2.75) is 26.8 Å². The second-order valence-electron chi connectivity index (χ2n) is 4.82. The Kier molecular flexibility index (Phi) is 4.40. The molecule has 1 aromatic heterocycles. The van der Waals surface area contributed by atoms with E-state index < -0.39 is 0 Å². The van der Waals surface area contributed by atoms with Gasteiger partial charge in [-0.15, -0.1) is 0 Å². The standard InChI is InChI=1S/C15H20N4O/c1-4-16-13-7-5-12(6-8-13)15(20)18-14-9-10-17-19(14)11(2)3/h5-11,16H,4H2,1-3H3,(H,18,20). The van der Waals surface area contributed by atoms with Crippen LogP contribution in [-0.2, 0) is 0 Å². The maximum absolute atomic E-state index is 12.2. The van der Waals surface area contributed by atoms with E-state index in [1.807, 2.05) is 45.0 Å². The number of hydrogen-bond acceptors (Lipinski definition) is 3. The van der Waals surface area contributed by atoms with Crippen LogP contribution in [0.15, 0.2) is 36.5 Å². The zero-order valence-corrected chi connectivity index (χ0v) is 12.1. The Hall–Kier alpha value is -2.30. The molecule has 0 aliphatic heterocycles. The molecule has 0 aliphatic rings. The molecule has 5 heteroatoms. The fourth-order valence-electron chi connectivity index (χ4n) is 1.96. The van der Waals surface area contributed by atoms with Crippen molar-refractivity contribution in [3.05, 3.63) is 42.1 Å². The van der Waals surface area contributed by atoms with Gasteiger partial charge in [-0.25, -0.2) is 4.68 Å². The molecule has 0 bridgehead atoms. The minimum absolute atomic E-state index is 0.129. The normalized spacial score (nSPS) is 10.6. The van der Waals surface area contributed by atoms with Gasteiger partial charge in [-0.2, -0.15) is 5.10 Å². The van der Waals surface area contributed by atoms with E-state index in [9.17, 15) is 4.79 Å². The number of carbonyl (C=O) groups is 1. The van der Waals surface area contributed by atoms with Crippen molar-refractivity contribution in [3.8, 4) is 0 Å². The number of carbonyl (C=O) groups excluding carboxylic acids is 1. The minimum Gasteiger partial charge on any atom is -0.385 e. The van der Waals surface area contributed by atoms with Gasteiger partial charge >= 0.3 is 0 Å². The van der Waals surface area contributed by atoms with E-state index in [2.05, 4.69) is 15.7 Å². The van der Waals surface area contributed by atoms with Gasteiger partial charge in [0.05, 0.1) is 6.20 Å². The largest absolute Gasteiger partial charge is 0.385 e. The van der Waals surface area contributed by atoms with Gasteiger partial charge in [0.1, 0.15) is 5.82 Å².